The average Bonchev–Trinajstić information content (AvgIpc) is 2.46. The van der Waals surface area contributed by atoms with Gasteiger partial charge in [-0.25, -0.2) is 0 Å². The summed E-state index contributed by atoms with van der Waals surface area (Å²) in [7, 11) is 0. The van der Waals surface area contributed by atoms with Crippen LogP contribution in [-0.4, -0.2) is 18.6 Å². The molecule has 2 rings (SSSR count). The minimum absolute atomic E-state index is 0.196. The van der Waals surface area contributed by atoms with E-state index in [1.165, 1.54) is 0 Å². The van der Waals surface area contributed by atoms with Crippen LogP contribution in [0.25, 0.3) is 0 Å². The van der Waals surface area contributed by atoms with Gasteiger partial charge in [-0.2, -0.15) is 0 Å². The topological polar surface area (TPSA) is 47.6 Å². The molecule has 0 aliphatic carbocycles. The van der Waals surface area contributed by atoms with Crippen molar-refractivity contribution >= 4 is 11.6 Å². The van der Waals surface area contributed by atoms with E-state index in [9.17, 15) is 4.79 Å². The molecule has 1 atom stereocenters. The molecule has 0 saturated carbocycles. The Morgan fingerprint density at radius 2 is 1.78 bits per heavy atom. The minimum atomic E-state index is -0.591. The molecule has 122 valence electrons. The van der Waals surface area contributed by atoms with E-state index in [1.807, 2.05) is 51.1 Å². The zero-order valence-corrected chi connectivity index (χ0v) is 14.1. The van der Waals surface area contributed by atoms with Gasteiger partial charge < -0.3 is 14.8 Å². The van der Waals surface area contributed by atoms with Gasteiger partial charge in [0.1, 0.15) is 11.5 Å². The Kier molecular flexibility index (Phi) is 5.63. The summed E-state index contributed by atoms with van der Waals surface area (Å²) in [4.78, 5) is 12.3. The molecule has 1 amide bonds. The normalized spacial score (nSPS) is 11.7. The van der Waals surface area contributed by atoms with E-state index in [1.54, 1.807) is 13.0 Å². The van der Waals surface area contributed by atoms with Crippen molar-refractivity contribution in [2.24, 2.45) is 0 Å². The van der Waals surface area contributed by atoms with Gasteiger partial charge in [0.15, 0.2) is 6.10 Å². The molecule has 0 aliphatic heterocycles. The van der Waals surface area contributed by atoms with Gasteiger partial charge in [-0.1, -0.05) is 12.1 Å². The fourth-order valence-corrected chi connectivity index (χ4v) is 2.33. The van der Waals surface area contributed by atoms with Gasteiger partial charge in [-0.3, -0.25) is 4.79 Å². The second-order valence-corrected chi connectivity index (χ2v) is 5.53. The number of aryl methyl sites for hydroxylation is 2. The Bertz CT molecular complexity index is 662. The summed E-state index contributed by atoms with van der Waals surface area (Å²) in [5.41, 5.74) is 2.91. The molecular formula is C19H23NO3. The van der Waals surface area contributed by atoms with Crippen LogP contribution in [0.1, 0.15) is 25.0 Å². The molecule has 0 aliphatic rings. The van der Waals surface area contributed by atoms with Gasteiger partial charge in [0.25, 0.3) is 5.91 Å². The van der Waals surface area contributed by atoms with Crippen molar-refractivity contribution in [3.8, 4) is 11.5 Å². The maximum absolute atomic E-state index is 12.3. The monoisotopic (exact) mass is 313 g/mol. The highest BCUT2D eigenvalue weighted by atomic mass is 16.5. The van der Waals surface area contributed by atoms with Crippen LogP contribution < -0.4 is 14.8 Å². The molecule has 4 heteroatoms. The number of rotatable bonds is 6. The van der Waals surface area contributed by atoms with Gasteiger partial charge in [-0.15, -0.1) is 0 Å². The first kappa shape index (κ1) is 16.9. The summed E-state index contributed by atoms with van der Waals surface area (Å²) in [6, 6.07) is 13.2. The first-order valence-corrected chi connectivity index (χ1v) is 7.76. The van der Waals surface area contributed by atoms with Gasteiger partial charge in [0.2, 0.25) is 0 Å². The van der Waals surface area contributed by atoms with E-state index in [0.717, 1.165) is 16.9 Å². The summed E-state index contributed by atoms with van der Waals surface area (Å²) in [5, 5.41) is 2.85. The van der Waals surface area contributed by atoms with Crippen molar-refractivity contribution in [2.45, 2.75) is 33.8 Å². The Balaban J connectivity index is 2.00. The minimum Gasteiger partial charge on any atom is -0.494 e. The molecule has 4 nitrogen and oxygen atoms in total. The van der Waals surface area contributed by atoms with Gasteiger partial charge in [0.05, 0.1) is 6.61 Å². The molecule has 0 radical (unpaired) electrons. The first-order valence-electron chi connectivity index (χ1n) is 7.76. The third-order valence-electron chi connectivity index (χ3n) is 3.29. The molecule has 1 N–H and O–H groups in total. The van der Waals surface area contributed by atoms with Gasteiger partial charge in [0, 0.05) is 11.8 Å². The highest BCUT2D eigenvalue weighted by molar-refractivity contribution is 5.94. The van der Waals surface area contributed by atoms with E-state index in [2.05, 4.69) is 11.4 Å². The standard InChI is InChI=1S/C19H23NO3/c1-5-22-17-8-6-7-16(12-17)20-19(21)15(4)23-18-10-13(2)9-14(3)11-18/h6-12,15H,5H2,1-4H3,(H,20,21)/t15-/m1/s1. The number of amides is 1. The van der Waals surface area contributed by atoms with E-state index in [0.29, 0.717) is 18.0 Å². The highest BCUT2D eigenvalue weighted by Crippen LogP contribution is 2.20. The zero-order valence-electron chi connectivity index (χ0n) is 14.1. The fraction of sp³-hybridized carbons (Fsp3) is 0.316. The lowest BCUT2D eigenvalue weighted by atomic mass is 10.1. The number of hydrogen-bond acceptors (Lipinski definition) is 3. The Morgan fingerprint density at radius 1 is 1.09 bits per heavy atom. The molecule has 0 spiro atoms. The van der Waals surface area contributed by atoms with Crippen molar-refractivity contribution in [1.29, 1.82) is 0 Å². The van der Waals surface area contributed by atoms with Crippen LogP contribution in [0, 0.1) is 13.8 Å². The van der Waals surface area contributed by atoms with E-state index in [-0.39, 0.29) is 5.91 Å². The molecule has 2 aromatic rings. The summed E-state index contributed by atoms with van der Waals surface area (Å²) in [6.07, 6.45) is -0.591. The lowest BCUT2D eigenvalue weighted by Gasteiger charge is -2.16. The van der Waals surface area contributed by atoms with Crippen LogP contribution in [0.4, 0.5) is 5.69 Å². The quantitative estimate of drug-likeness (QED) is 0.873. The fourth-order valence-electron chi connectivity index (χ4n) is 2.33. The van der Waals surface area contributed by atoms with Crippen molar-refractivity contribution < 1.29 is 14.3 Å². The molecule has 0 fully saturated rings. The highest BCUT2D eigenvalue weighted by Gasteiger charge is 2.15. The zero-order chi connectivity index (χ0) is 16.8. The Labute approximate surface area is 137 Å². The van der Waals surface area contributed by atoms with Crippen LogP contribution in [0.15, 0.2) is 42.5 Å². The van der Waals surface area contributed by atoms with Crippen molar-refractivity contribution in [3.05, 3.63) is 53.6 Å². The van der Waals surface area contributed by atoms with E-state index in [4.69, 9.17) is 9.47 Å². The average molecular weight is 313 g/mol. The lowest BCUT2D eigenvalue weighted by molar-refractivity contribution is -0.122. The second kappa shape index (κ2) is 7.68. The second-order valence-electron chi connectivity index (χ2n) is 5.53. The predicted molar refractivity (Wildman–Crippen MR) is 92.2 cm³/mol. The first-order chi connectivity index (χ1) is 11.0. The number of carbonyl (C=O) groups excluding carboxylic acids is 1. The van der Waals surface area contributed by atoms with Crippen LogP contribution in [0.2, 0.25) is 0 Å². The third-order valence-corrected chi connectivity index (χ3v) is 3.29. The van der Waals surface area contributed by atoms with Crippen molar-refractivity contribution in [1.82, 2.24) is 0 Å². The summed E-state index contributed by atoms with van der Waals surface area (Å²) >= 11 is 0. The molecule has 2 aromatic carbocycles. The summed E-state index contributed by atoms with van der Waals surface area (Å²) < 4.78 is 11.2. The molecule has 0 unspecified atom stereocenters. The summed E-state index contributed by atoms with van der Waals surface area (Å²) in [6.45, 7) is 8.25. The maximum atomic E-state index is 12.3. The molecule has 0 aromatic heterocycles. The molecule has 0 saturated heterocycles. The molecule has 23 heavy (non-hydrogen) atoms. The van der Waals surface area contributed by atoms with Crippen molar-refractivity contribution in [3.63, 3.8) is 0 Å². The van der Waals surface area contributed by atoms with Crippen LogP contribution in [0.5, 0.6) is 11.5 Å². The van der Waals surface area contributed by atoms with Gasteiger partial charge >= 0.3 is 0 Å². The molecule has 0 heterocycles. The van der Waals surface area contributed by atoms with Crippen LogP contribution >= 0.6 is 0 Å². The number of hydrogen-bond donors (Lipinski definition) is 1. The van der Waals surface area contributed by atoms with E-state index < -0.39 is 6.10 Å². The Morgan fingerprint density at radius 3 is 2.43 bits per heavy atom. The molecule has 0 bridgehead atoms. The van der Waals surface area contributed by atoms with E-state index >= 15 is 0 Å². The summed E-state index contributed by atoms with van der Waals surface area (Å²) in [5.74, 6) is 1.24. The number of benzene rings is 2. The van der Waals surface area contributed by atoms with Crippen LogP contribution in [-0.2, 0) is 4.79 Å². The lowest BCUT2D eigenvalue weighted by Crippen LogP contribution is -2.30. The van der Waals surface area contributed by atoms with Crippen molar-refractivity contribution in [2.75, 3.05) is 11.9 Å². The SMILES string of the molecule is CCOc1cccc(NC(=O)[C@@H](C)Oc2cc(C)cc(C)c2)c1. The van der Waals surface area contributed by atoms with Crippen LogP contribution in [0.3, 0.4) is 0 Å². The maximum Gasteiger partial charge on any atom is 0.265 e. The Hall–Kier alpha value is -2.49. The third kappa shape index (κ3) is 5.02. The number of anilines is 1. The molecular weight excluding hydrogens is 290 g/mol. The smallest absolute Gasteiger partial charge is 0.265 e. The number of nitrogens with one attached hydrogen (secondary N) is 1. The number of carbonyl (C=O) groups is 1. The van der Waals surface area contributed by atoms with Gasteiger partial charge in [-0.05, 0) is 63.1 Å². The predicted octanol–water partition coefficient (Wildman–Crippen LogP) is 4.11. The number of ether oxygens (including phenoxy) is 2. The largest absolute Gasteiger partial charge is 0.494 e.